The molecule has 0 amide bonds. The Labute approximate surface area is 97.9 Å². The third-order valence-corrected chi connectivity index (χ3v) is 2.99. The van der Waals surface area contributed by atoms with Crippen LogP contribution in [0.3, 0.4) is 0 Å². The first-order valence-corrected chi connectivity index (χ1v) is 6.02. The molecule has 5 heteroatoms. The molecular weight excluding hydrogens is 256 g/mol. The molecule has 1 aliphatic carbocycles. The van der Waals surface area contributed by atoms with Crippen LogP contribution in [0.4, 0.5) is 0 Å². The van der Waals surface area contributed by atoms with Gasteiger partial charge in [-0.1, -0.05) is 11.3 Å². The predicted molar refractivity (Wildman–Crippen MR) is 63.4 cm³/mol. The highest BCUT2D eigenvalue weighted by molar-refractivity contribution is 9.10. The van der Waals surface area contributed by atoms with Gasteiger partial charge in [0.05, 0.1) is 5.69 Å². The average molecular weight is 271 g/mol. The van der Waals surface area contributed by atoms with Crippen LogP contribution in [0.5, 0.6) is 0 Å². The van der Waals surface area contributed by atoms with Gasteiger partial charge in [-0.05, 0) is 47.8 Å². The molecule has 0 saturated heterocycles. The molecule has 1 aliphatic rings. The Bertz CT molecular complexity index is 335. The Balaban J connectivity index is 1.77. The van der Waals surface area contributed by atoms with Gasteiger partial charge >= 0.3 is 0 Å². The van der Waals surface area contributed by atoms with Gasteiger partial charge in [-0.2, -0.15) is 0 Å². The second-order valence-corrected chi connectivity index (χ2v) is 4.56. The zero-order valence-electron chi connectivity index (χ0n) is 8.78. The van der Waals surface area contributed by atoms with E-state index in [4.69, 9.17) is 0 Å². The van der Waals surface area contributed by atoms with Crippen molar-refractivity contribution in [2.45, 2.75) is 25.3 Å². The maximum absolute atomic E-state index is 3.92. The quantitative estimate of drug-likeness (QED) is 0.829. The van der Waals surface area contributed by atoms with Crippen molar-refractivity contribution in [2.24, 2.45) is 7.05 Å². The predicted octanol–water partition coefficient (Wildman–Crippen LogP) is 1.73. The second-order valence-electron chi connectivity index (χ2n) is 3.81. The van der Waals surface area contributed by atoms with E-state index in [1.165, 1.54) is 12.8 Å². The van der Waals surface area contributed by atoms with Gasteiger partial charge in [0, 0.05) is 13.1 Å². The fraction of sp³-hybridized carbons (Fsp3) is 0.600. The third kappa shape index (κ3) is 3.14. The fourth-order valence-electron chi connectivity index (χ4n) is 1.37. The van der Waals surface area contributed by atoms with Crippen molar-refractivity contribution < 1.29 is 0 Å². The van der Waals surface area contributed by atoms with Crippen molar-refractivity contribution >= 4 is 22.0 Å². The van der Waals surface area contributed by atoms with Gasteiger partial charge in [0.25, 0.3) is 0 Å². The topological polar surface area (TPSA) is 42.7 Å². The molecule has 1 saturated carbocycles. The van der Waals surface area contributed by atoms with Crippen molar-refractivity contribution in [3.05, 3.63) is 16.4 Å². The fourth-order valence-corrected chi connectivity index (χ4v) is 1.83. The molecule has 0 unspecified atom stereocenters. The van der Waals surface area contributed by atoms with Crippen LogP contribution in [-0.2, 0) is 7.05 Å². The summed E-state index contributed by atoms with van der Waals surface area (Å²) in [5, 5.41) is 11.3. The standard InChI is InChI=1S/C10H15BrN4/c1-15-9(10(11)13-14-15)4-2-3-7-12-8-5-6-8/h2,4,8,12H,3,5-7H2,1H3/b4-2+. The van der Waals surface area contributed by atoms with Gasteiger partial charge in [0.1, 0.15) is 0 Å². The number of aryl methyl sites for hydroxylation is 1. The number of nitrogens with one attached hydrogen (secondary N) is 1. The average Bonchev–Trinajstić information content (AvgIpc) is 2.98. The molecule has 2 rings (SSSR count). The summed E-state index contributed by atoms with van der Waals surface area (Å²) < 4.78 is 2.56. The summed E-state index contributed by atoms with van der Waals surface area (Å²) in [6.45, 7) is 1.06. The van der Waals surface area contributed by atoms with Crippen LogP contribution < -0.4 is 5.32 Å². The summed E-state index contributed by atoms with van der Waals surface area (Å²) in [7, 11) is 1.89. The normalized spacial score (nSPS) is 16.4. The number of nitrogens with zero attached hydrogens (tertiary/aromatic N) is 3. The molecule has 0 spiro atoms. The van der Waals surface area contributed by atoms with E-state index in [0.29, 0.717) is 0 Å². The highest BCUT2D eigenvalue weighted by Crippen LogP contribution is 2.18. The number of aromatic nitrogens is 3. The largest absolute Gasteiger partial charge is 0.314 e. The lowest BCUT2D eigenvalue weighted by Gasteiger charge is -1.97. The van der Waals surface area contributed by atoms with Crippen LogP contribution in [0.25, 0.3) is 6.08 Å². The summed E-state index contributed by atoms with van der Waals surface area (Å²) in [4.78, 5) is 0. The van der Waals surface area contributed by atoms with Gasteiger partial charge < -0.3 is 5.32 Å². The summed E-state index contributed by atoms with van der Waals surface area (Å²) in [5.41, 5.74) is 1.02. The molecular formula is C10H15BrN4. The number of rotatable bonds is 5. The Morgan fingerprint density at radius 2 is 2.40 bits per heavy atom. The molecule has 0 aromatic carbocycles. The molecule has 1 heterocycles. The minimum Gasteiger partial charge on any atom is -0.314 e. The maximum atomic E-state index is 3.92. The zero-order valence-corrected chi connectivity index (χ0v) is 10.4. The molecule has 1 aromatic rings. The minimum absolute atomic E-state index is 0.795. The van der Waals surface area contributed by atoms with E-state index >= 15 is 0 Å². The first-order chi connectivity index (χ1) is 7.27. The minimum atomic E-state index is 0.795. The molecule has 1 fully saturated rings. The van der Waals surface area contributed by atoms with Crippen molar-refractivity contribution in [1.29, 1.82) is 0 Å². The number of hydrogen-bond donors (Lipinski definition) is 1. The van der Waals surface area contributed by atoms with Crippen molar-refractivity contribution in [3.8, 4) is 0 Å². The highest BCUT2D eigenvalue weighted by atomic mass is 79.9. The lowest BCUT2D eigenvalue weighted by atomic mass is 10.3. The first-order valence-electron chi connectivity index (χ1n) is 5.22. The van der Waals surface area contributed by atoms with Crippen LogP contribution in [-0.4, -0.2) is 27.6 Å². The number of halogens is 1. The highest BCUT2D eigenvalue weighted by Gasteiger charge is 2.19. The van der Waals surface area contributed by atoms with E-state index in [9.17, 15) is 0 Å². The summed E-state index contributed by atoms with van der Waals surface area (Å²) in [5.74, 6) is 0. The lowest BCUT2D eigenvalue weighted by Crippen LogP contribution is -2.16. The van der Waals surface area contributed by atoms with Crippen LogP contribution in [0.15, 0.2) is 10.7 Å². The van der Waals surface area contributed by atoms with Crippen LogP contribution in [0.1, 0.15) is 25.0 Å². The summed E-state index contributed by atoms with van der Waals surface area (Å²) in [6.07, 6.45) is 7.95. The monoisotopic (exact) mass is 270 g/mol. The van der Waals surface area contributed by atoms with Gasteiger partial charge in [0.15, 0.2) is 4.60 Å². The van der Waals surface area contributed by atoms with E-state index in [1.54, 1.807) is 4.68 Å². The van der Waals surface area contributed by atoms with Crippen molar-refractivity contribution in [1.82, 2.24) is 20.3 Å². The van der Waals surface area contributed by atoms with Gasteiger partial charge in [-0.15, -0.1) is 5.10 Å². The number of hydrogen-bond acceptors (Lipinski definition) is 3. The van der Waals surface area contributed by atoms with E-state index in [-0.39, 0.29) is 0 Å². The molecule has 0 bridgehead atoms. The Hall–Kier alpha value is -0.680. The molecule has 1 aromatic heterocycles. The molecule has 82 valence electrons. The third-order valence-electron chi connectivity index (χ3n) is 2.42. The van der Waals surface area contributed by atoms with E-state index in [2.05, 4.69) is 43.7 Å². The molecule has 0 atom stereocenters. The summed E-state index contributed by atoms with van der Waals surface area (Å²) >= 11 is 3.36. The van der Waals surface area contributed by atoms with Crippen molar-refractivity contribution in [2.75, 3.05) is 6.54 Å². The van der Waals surface area contributed by atoms with Crippen molar-refractivity contribution in [3.63, 3.8) is 0 Å². The maximum Gasteiger partial charge on any atom is 0.155 e. The first kappa shape index (κ1) is 10.8. The SMILES string of the molecule is Cn1nnc(Br)c1/C=C/CCNC1CC1. The molecule has 0 aliphatic heterocycles. The Kier molecular flexibility index (Phi) is 3.53. The molecule has 4 nitrogen and oxygen atoms in total. The van der Waals surface area contributed by atoms with Gasteiger partial charge in [0.2, 0.25) is 0 Å². The zero-order chi connectivity index (χ0) is 10.7. The lowest BCUT2D eigenvalue weighted by molar-refractivity contribution is 0.690. The van der Waals surface area contributed by atoms with Crippen LogP contribution in [0.2, 0.25) is 0 Å². The summed E-state index contributed by atoms with van der Waals surface area (Å²) in [6, 6.07) is 0.795. The molecule has 15 heavy (non-hydrogen) atoms. The molecule has 1 N–H and O–H groups in total. The van der Waals surface area contributed by atoms with Crippen LogP contribution >= 0.6 is 15.9 Å². The van der Waals surface area contributed by atoms with Crippen LogP contribution in [0, 0.1) is 0 Å². The van der Waals surface area contributed by atoms with E-state index in [0.717, 1.165) is 29.3 Å². The smallest absolute Gasteiger partial charge is 0.155 e. The molecule has 0 radical (unpaired) electrons. The van der Waals surface area contributed by atoms with Gasteiger partial charge in [-0.3, -0.25) is 0 Å². The van der Waals surface area contributed by atoms with Gasteiger partial charge in [-0.25, -0.2) is 4.68 Å². The van der Waals surface area contributed by atoms with E-state index in [1.807, 2.05) is 7.05 Å². The Morgan fingerprint density at radius 1 is 1.60 bits per heavy atom. The Morgan fingerprint density at radius 3 is 3.00 bits per heavy atom. The van der Waals surface area contributed by atoms with E-state index < -0.39 is 0 Å². The second kappa shape index (κ2) is 4.90.